The van der Waals surface area contributed by atoms with Crippen LogP contribution in [0.1, 0.15) is 23.1 Å². The van der Waals surface area contributed by atoms with Gasteiger partial charge in [0.1, 0.15) is 5.75 Å². The summed E-state index contributed by atoms with van der Waals surface area (Å²) in [6.07, 6.45) is -4.07. The normalized spacial score (nSPS) is 10.7. The summed E-state index contributed by atoms with van der Waals surface area (Å²) >= 11 is 0. The Kier molecular flexibility index (Phi) is 10.4. The van der Waals surface area contributed by atoms with Crippen molar-refractivity contribution in [3.8, 4) is 5.75 Å². The number of alkyl halides is 3. The number of nitrogens with one attached hydrogen (secondary N) is 1. The van der Waals surface area contributed by atoms with E-state index in [1.165, 1.54) is 11.1 Å². The van der Waals surface area contributed by atoms with Crippen molar-refractivity contribution in [1.82, 2.24) is 5.32 Å². The molecule has 0 aliphatic rings. The summed E-state index contributed by atoms with van der Waals surface area (Å²) in [5.74, 6) is -2.70. The highest BCUT2D eigenvalue weighted by molar-refractivity contribution is 5.73. The molecule has 0 bridgehead atoms. The van der Waals surface area contributed by atoms with E-state index in [1.54, 1.807) is 0 Å². The SMILES string of the molecule is Cc1ccccc1CCOc1cccc(CNCCC(=O)O)c1.O=C(O)C(F)(F)F. The molecule has 0 saturated heterocycles. The molecular formula is C21H24F3NO5. The Morgan fingerprint density at radius 2 is 1.73 bits per heavy atom. The number of halogens is 3. The Morgan fingerprint density at radius 3 is 2.33 bits per heavy atom. The quantitative estimate of drug-likeness (QED) is 0.527. The van der Waals surface area contributed by atoms with Crippen molar-refractivity contribution in [3.63, 3.8) is 0 Å². The second-order valence-electron chi connectivity index (χ2n) is 6.30. The van der Waals surface area contributed by atoms with E-state index in [1.807, 2.05) is 36.4 Å². The van der Waals surface area contributed by atoms with E-state index < -0.39 is 18.1 Å². The first-order valence-corrected chi connectivity index (χ1v) is 9.08. The van der Waals surface area contributed by atoms with Gasteiger partial charge in [0, 0.05) is 19.5 Å². The van der Waals surface area contributed by atoms with Crippen molar-refractivity contribution in [2.45, 2.75) is 32.5 Å². The number of aliphatic carboxylic acids is 2. The molecule has 3 N–H and O–H groups in total. The molecule has 2 rings (SSSR count). The lowest BCUT2D eigenvalue weighted by Gasteiger charge is -2.10. The summed E-state index contributed by atoms with van der Waals surface area (Å²) in [7, 11) is 0. The van der Waals surface area contributed by atoms with Gasteiger partial charge in [-0.2, -0.15) is 13.2 Å². The summed E-state index contributed by atoms with van der Waals surface area (Å²) in [5, 5.41) is 18.8. The Hall–Kier alpha value is -3.07. The van der Waals surface area contributed by atoms with Gasteiger partial charge in [-0.3, -0.25) is 4.79 Å². The van der Waals surface area contributed by atoms with Crippen LogP contribution in [-0.2, 0) is 22.6 Å². The predicted molar refractivity (Wildman–Crippen MR) is 104 cm³/mol. The fraction of sp³-hybridized carbons (Fsp3) is 0.333. The highest BCUT2D eigenvalue weighted by Gasteiger charge is 2.38. The second-order valence-corrected chi connectivity index (χ2v) is 6.30. The van der Waals surface area contributed by atoms with Gasteiger partial charge in [-0.15, -0.1) is 0 Å². The van der Waals surface area contributed by atoms with Crippen LogP contribution in [-0.4, -0.2) is 41.5 Å². The number of aryl methyl sites for hydroxylation is 1. The summed E-state index contributed by atoms with van der Waals surface area (Å²) in [6.45, 7) is 3.86. The molecule has 0 aliphatic carbocycles. The molecule has 0 radical (unpaired) electrons. The summed E-state index contributed by atoms with van der Waals surface area (Å²) in [4.78, 5) is 19.4. The van der Waals surface area contributed by atoms with Gasteiger partial charge in [0.2, 0.25) is 0 Å². The van der Waals surface area contributed by atoms with Crippen molar-refractivity contribution in [1.29, 1.82) is 0 Å². The zero-order valence-corrected chi connectivity index (χ0v) is 16.4. The molecule has 0 unspecified atom stereocenters. The number of ether oxygens (including phenoxy) is 1. The van der Waals surface area contributed by atoms with E-state index in [2.05, 4.69) is 24.4 Å². The van der Waals surface area contributed by atoms with Crippen LogP contribution in [0.25, 0.3) is 0 Å². The number of hydrogen-bond acceptors (Lipinski definition) is 4. The van der Waals surface area contributed by atoms with E-state index in [-0.39, 0.29) is 6.42 Å². The fourth-order valence-electron chi connectivity index (χ4n) is 2.34. The second kappa shape index (κ2) is 12.5. The molecule has 0 aliphatic heterocycles. The largest absolute Gasteiger partial charge is 0.493 e. The minimum Gasteiger partial charge on any atom is -0.493 e. The van der Waals surface area contributed by atoms with Crippen LogP contribution in [0.5, 0.6) is 5.75 Å². The molecule has 2 aromatic carbocycles. The maximum Gasteiger partial charge on any atom is 0.490 e. The van der Waals surface area contributed by atoms with Gasteiger partial charge in [-0.1, -0.05) is 36.4 Å². The first-order chi connectivity index (χ1) is 14.1. The average Bonchev–Trinajstić information content (AvgIpc) is 2.67. The van der Waals surface area contributed by atoms with Crippen LogP contribution >= 0.6 is 0 Å². The van der Waals surface area contributed by atoms with Crippen LogP contribution in [0.15, 0.2) is 48.5 Å². The van der Waals surface area contributed by atoms with Crippen LogP contribution < -0.4 is 10.1 Å². The van der Waals surface area contributed by atoms with E-state index in [4.69, 9.17) is 19.7 Å². The summed E-state index contributed by atoms with van der Waals surface area (Å²) in [5.41, 5.74) is 3.68. The molecule has 0 atom stereocenters. The zero-order valence-electron chi connectivity index (χ0n) is 16.4. The van der Waals surface area contributed by atoms with Crippen LogP contribution in [0, 0.1) is 6.92 Å². The maximum absolute atomic E-state index is 10.6. The van der Waals surface area contributed by atoms with Crippen molar-refractivity contribution < 1.29 is 37.7 Å². The predicted octanol–water partition coefficient (Wildman–Crippen LogP) is 3.81. The molecule has 30 heavy (non-hydrogen) atoms. The molecule has 9 heteroatoms. The van der Waals surface area contributed by atoms with E-state index in [0.717, 1.165) is 17.7 Å². The summed E-state index contributed by atoms with van der Waals surface area (Å²) in [6, 6.07) is 16.2. The standard InChI is InChI=1S/C19H23NO3.C2HF3O2/c1-15-5-2-3-7-17(15)10-12-23-18-8-4-6-16(13-18)14-20-11-9-19(21)22;3-2(4,5)1(6)7/h2-8,13,20H,9-12,14H2,1H3,(H,21,22);(H,6,7). The molecule has 0 heterocycles. The molecule has 2 aromatic rings. The fourth-order valence-corrected chi connectivity index (χ4v) is 2.34. The van der Waals surface area contributed by atoms with Crippen molar-refractivity contribution in [2.24, 2.45) is 0 Å². The van der Waals surface area contributed by atoms with Gasteiger partial charge < -0.3 is 20.3 Å². The Labute approximate surface area is 172 Å². The first kappa shape index (κ1) is 25.0. The van der Waals surface area contributed by atoms with E-state index >= 15 is 0 Å². The molecule has 0 amide bonds. The topological polar surface area (TPSA) is 95.9 Å². The number of rotatable bonds is 9. The third kappa shape index (κ3) is 10.5. The number of hydrogen-bond donors (Lipinski definition) is 3. The van der Waals surface area contributed by atoms with Crippen LogP contribution in [0.4, 0.5) is 13.2 Å². The lowest BCUT2D eigenvalue weighted by molar-refractivity contribution is -0.192. The van der Waals surface area contributed by atoms with Crippen molar-refractivity contribution >= 4 is 11.9 Å². The van der Waals surface area contributed by atoms with Gasteiger partial charge in [0.05, 0.1) is 13.0 Å². The molecule has 0 fully saturated rings. The van der Waals surface area contributed by atoms with Gasteiger partial charge in [0.25, 0.3) is 0 Å². The molecular weight excluding hydrogens is 403 g/mol. The maximum atomic E-state index is 10.6. The monoisotopic (exact) mass is 427 g/mol. The molecule has 0 saturated carbocycles. The zero-order chi connectivity index (χ0) is 22.6. The highest BCUT2D eigenvalue weighted by Crippen LogP contribution is 2.15. The molecule has 6 nitrogen and oxygen atoms in total. The number of carboxylic acids is 2. The van der Waals surface area contributed by atoms with Crippen molar-refractivity contribution in [3.05, 3.63) is 65.2 Å². The first-order valence-electron chi connectivity index (χ1n) is 9.08. The third-order valence-corrected chi connectivity index (χ3v) is 3.89. The minimum atomic E-state index is -5.08. The van der Waals surface area contributed by atoms with Gasteiger partial charge in [-0.05, 0) is 35.7 Å². The van der Waals surface area contributed by atoms with Gasteiger partial charge >= 0.3 is 18.1 Å². The molecule has 0 spiro atoms. The number of carbonyl (C=O) groups is 2. The van der Waals surface area contributed by atoms with Gasteiger partial charge in [0.15, 0.2) is 0 Å². The molecule has 164 valence electrons. The van der Waals surface area contributed by atoms with Crippen LogP contribution in [0.2, 0.25) is 0 Å². The molecule has 0 aromatic heterocycles. The van der Waals surface area contributed by atoms with Gasteiger partial charge in [-0.25, -0.2) is 4.79 Å². The Morgan fingerprint density at radius 1 is 1.07 bits per heavy atom. The highest BCUT2D eigenvalue weighted by atomic mass is 19.4. The number of benzene rings is 2. The van der Waals surface area contributed by atoms with Crippen LogP contribution in [0.3, 0.4) is 0 Å². The lowest BCUT2D eigenvalue weighted by Crippen LogP contribution is -2.21. The smallest absolute Gasteiger partial charge is 0.490 e. The lowest BCUT2D eigenvalue weighted by atomic mass is 10.1. The van der Waals surface area contributed by atoms with E-state index in [0.29, 0.717) is 19.7 Å². The average molecular weight is 427 g/mol. The minimum absolute atomic E-state index is 0.132. The summed E-state index contributed by atoms with van der Waals surface area (Å²) < 4.78 is 37.6. The van der Waals surface area contributed by atoms with E-state index in [9.17, 15) is 18.0 Å². The van der Waals surface area contributed by atoms with Crippen molar-refractivity contribution in [2.75, 3.05) is 13.2 Å². The number of carboxylic acid groups (broad SMARTS) is 2. The Balaban J connectivity index is 0.000000553. The Bertz CT molecular complexity index is 824. The third-order valence-electron chi connectivity index (χ3n) is 3.89.